The van der Waals surface area contributed by atoms with E-state index in [4.69, 9.17) is 0 Å². The lowest BCUT2D eigenvalue weighted by molar-refractivity contribution is -0.127. The molecule has 0 aliphatic rings. The number of carbonyl (C=O) groups is 1. The van der Waals surface area contributed by atoms with Gasteiger partial charge in [-0.15, -0.1) is 0 Å². The van der Waals surface area contributed by atoms with E-state index in [-0.39, 0.29) is 5.91 Å². The second-order valence-electron chi connectivity index (χ2n) is 5.09. The molecule has 0 aliphatic carbocycles. The quantitative estimate of drug-likeness (QED) is 0.864. The number of anilines is 1. The Morgan fingerprint density at radius 2 is 2.05 bits per heavy atom. The van der Waals surface area contributed by atoms with Crippen LogP contribution in [-0.4, -0.2) is 43.1 Å². The van der Waals surface area contributed by atoms with E-state index in [0.29, 0.717) is 6.54 Å². The topological polar surface area (TPSA) is 43.8 Å². The van der Waals surface area contributed by atoms with Crippen molar-refractivity contribution in [1.29, 1.82) is 0 Å². The fourth-order valence-electron chi connectivity index (χ4n) is 1.93. The van der Waals surface area contributed by atoms with E-state index in [9.17, 15) is 9.90 Å². The smallest absolute Gasteiger partial charge is 0.241 e. The highest BCUT2D eigenvalue weighted by molar-refractivity contribution is 9.10. The van der Waals surface area contributed by atoms with E-state index in [2.05, 4.69) is 27.8 Å². The van der Waals surface area contributed by atoms with Crippen molar-refractivity contribution in [3.8, 4) is 0 Å². The Morgan fingerprint density at radius 1 is 1.40 bits per heavy atom. The molecule has 1 amide bonds. The van der Waals surface area contributed by atoms with Crippen molar-refractivity contribution in [2.75, 3.05) is 32.1 Å². The Labute approximate surface area is 129 Å². The predicted octanol–water partition coefficient (Wildman–Crippen LogP) is 2.81. The summed E-state index contributed by atoms with van der Waals surface area (Å²) in [6.07, 6.45) is 0.456. The van der Waals surface area contributed by atoms with Crippen LogP contribution < -0.4 is 4.90 Å². The van der Waals surface area contributed by atoms with Crippen molar-refractivity contribution in [3.05, 3.63) is 28.2 Å². The van der Waals surface area contributed by atoms with Crippen LogP contribution in [0.25, 0.3) is 0 Å². The number of likely N-dealkylation sites (N-methyl/N-ethyl adjacent to an activating group) is 1. The van der Waals surface area contributed by atoms with Gasteiger partial charge in [0.15, 0.2) is 0 Å². The lowest BCUT2D eigenvalue weighted by atomic mass is 10.1. The Bertz CT molecular complexity index is 461. The monoisotopic (exact) mass is 342 g/mol. The van der Waals surface area contributed by atoms with Crippen LogP contribution >= 0.6 is 15.9 Å². The summed E-state index contributed by atoms with van der Waals surface area (Å²) in [5.74, 6) is 0.0779. The highest BCUT2D eigenvalue weighted by Crippen LogP contribution is 2.28. The molecule has 20 heavy (non-hydrogen) atoms. The minimum absolute atomic E-state index is 0.0779. The molecular weight excluding hydrogens is 320 g/mol. The number of aliphatic hydroxyl groups is 1. The van der Waals surface area contributed by atoms with E-state index >= 15 is 0 Å². The molecule has 0 saturated heterocycles. The van der Waals surface area contributed by atoms with Crippen LogP contribution in [0.15, 0.2) is 22.7 Å². The molecule has 0 radical (unpaired) electrons. The van der Waals surface area contributed by atoms with Crippen molar-refractivity contribution in [1.82, 2.24) is 4.90 Å². The first-order chi connectivity index (χ1) is 9.36. The summed E-state index contributed by atoms with van der Waals surface area (Å²) in [6.45, 7) is 5.01. The number of nitrogens with zero attached hydrogens (tertiary/aromatic N) is 2. The van der Waals surface area contributed by atoms with E-state index in [0.717, 1.165) is 28.7 Å². The zero-order valence-corrected chi connectivity index (χ0v) is 14.1. The second kappa shape index (κ2) is 7.64. The Balaban J connectivity index is 2.97. The van der Waals surface area contributed by atoms with Gasteiger partial charge in [-0.2, -0.15) is 0 Å². The Morgan fingerprint density at radius 3 is 2.50 bits per heavy atom. The second-order valence-corrected chi connectivity index (χ2v) is 5.95. The summed E-state index contributed by atoms with van der Waals surface area (Å²) in [7, 11) is 3.53. The van der Waals surface area contributed by atoms with Gasteiger partial charge in [-0.1, -0.05) is 28.9 Å². The van der Waals surface area contributed by atoms with Crippen molar-refractivity contribution in [3.63, 3.8) is 0 Å². The number of halogens is 1. The van der Waals surface area contributed by atoms with E-state index < -0.39 is 6.10 Å². The lowest BCUT2D eigenvalue weighted by Crippen LogP contribution is -2.37. The molecule has 0 unspecified atom stereocenters. The van der Waals surface area contributed by atoms with Crippen molar-refractivity contribution in [2.24, 2.45) is 0 Å². The zero-order chi connectivity index (χ0) is 15.3. The van der Waals surface area contributed by atoms with Crippen LogP contribution in [0.4, 0.5) is 5.69 Å². The van der Waals surface area contributed by atoms with Crippen LogP contribution in [0, 0.1) is 0 Å². The van der Waals surface area contributed by atoms with Gasteiger partial charge in [0.2, 0.25) is 5.91 Å². The Kier molecular flexibility index (Phi) is 6.49. The molecule has 5 heteroatoms. The van der Waals surface area contributed by atoms with Gasteiger partial charge in [-0.05, 0) is 31.0 Å². The molecule has 1 N–H and O–H groups in total. The number of aliphatic hydroxyl groups excluding tert-OH is 1. The summed E-state index contributed by atoms with van der Waals surface area (Å²) in [5.41, 5.74) is 1.84. The minimum Gasteiger partial charge on any atom is -0.389 e. The molecule has 0 aromatic heterocycles. The number of hydrogen-bond donors (Lipinski definition) is 1. The molecule has 112 valence electrons. The number of amides is 1. The molecule has 0 heterocycles. The minimum atomic E-state index is -0.513. The third-order valence-electron chi connectivity index (χ3n) is 3.12. The third kappa shape index (κ3) is 4.49. The highest BCUT2D eigenvalue weighted by atomic mass is 79.9. The summed E-state index contributed by atoms with van der Waals surface area (Å²) in [4.78, 5) is 15.5. The van der Waals surface area contributed by atoms with Crippen molar-refractivity contribution >= 4 is 27.5 Å². The van der Waals surface area contributed by atoms with Gasteiger partial charge >= 0.3 is 0 Å². The van der Waals surface area contributed by atoms with Gasteiger partial charge in [0.1, 0.15) is 0 Å². The summed E-state index contributed by atoms with van der Waals surface area (Å²) < 4.78 is 0.864. The van der Waals surface area contributed by atoms with Gasteiger partial charge in [-0.25, -0.2) is 0 Å². The molecule has 0 spiro atoms. The van der Waals surface area contributed by atoms with E-state index in [1.54, 1.807) is 25.9 Å². The molecule has 0 aliphatic heterocycles. The molecule has 0 fully saturated rings. The molecule has 1 atom stereocenters. The van der Waals surface area contributed by atoms with E-state index in [1.807, 2.05) is 18.2 Å². The van der Waals surface area contributed by atoms with Crippen molar-refractivity contribution in [2.45, 2.75) is 26.4 Å². The summed E-state index contributed by atoms with van der Waals surface area (Å²) in [6, 6.07) is 5.80. The van der Waals surface area contributed by atoms with Gasteiger partial charge in [0, 0.05) is 30.8 Å². The van der Waals surface area contributed by atoms with Crippen LogP contribution in [0.2, 0.25) is 0 Å². The summed E-state index contributed by atoms with van der Waals surface area (Å²) >= 11 is 3.48. The highest BCUT2D eigenvalue weighted by Gasteiger charge is 2.14. The molecule has 0 saturated carbocycles. The zero-order valence-electron chi connectivity index (χ0n) is 12.6. The SMILES string of the molecule is CCCN(CC(=O)N(C)C)c1ccc([C@@H](C)O)c(Br)c1. The summed E-state index contributed by atoms with van der Waals surface area (Å²) in [5, 5.41) is 9.65. The number of hydrogen-bond acceptors (Lipinski definition) is 3. The predicted molar refractivity (Wildman–Crippen MR) is 86.0 cm³/mol. The average molecular weight is 343 g/mol. The third-order valence-corrected chi connectivity index (χ3v) is 3.80. The average Bonchev–Trinajstić information content (AvgIpc) is 2.37. The number of benzene rings is 1. The normalized spacial score (nSPS) is 12.1. The fraction of sp³-hybridized carbons (Fsp3) is 0.533. The van der Waals surface area contributed by atoms with E-state index in [1.165, 1.54) is 0 Å². The molecular formula is C15H23BrN2O2. The van der Waals surface area contributed by atoms with Gasteiger partial charge < -0.3 is 14.9 Å². The number of carbonyl (C=O) groups excluding carboxylic acids is 1. The molecule has 0 bridgehead atoms. The fourth-order valence-corrected chi connectivity index (χ4v) is 2.62. The number of rotatable bonds is 6. The lowest BCUT2D eigenvalue weighted by Gasteiger charge is -2.26. The van der Waals surface area contributed by atoms with Gasteiger partial charge in [-0.3, -0.25) is 4.79 Å². The maximum absolute atomic E-state index is 11.9. The van der Waals surface area contributed by atoms with Crippen molar-refractivity contribution < 1.29 is 9.90 Å². The standard InChI is InChI=1S/C15H23BrN2O2/c1-5-8-18(10-15(20)17(3)4)12-6-7-13(11(2)19)14(16)9-12/h6-7,9,11,19H,5,8,10H2,1-4H3/t11-/m1/s1. The van der Waals surface area contributed by atoms with Gasteiger partial charge in [0.05, 0.1) is 12.6 Å². The van der Waals surface area contributed by atoms with Crippen LogP contribution in [0.5, 0.6) is 0 Å². The Hall–Kier alpha value is -1.07. The van der Waals surface area contributed by atoms with Crippen LogP contribution in [0.3, 0.4) is 0 Å². The first kappa shape index (κ1) is 17.0. The first-order valence-corrected chi connectivity index (χ1v) is 7.58. The largest absolute Gasteiger partial charge is 0.389 e. The van der Waals surface area contributed by atoms with Crippen LogP contribution in [0.1, 0.15) is 31.9 Å². The molecule has 4 nitrogen and oxygen atoms in total. The maximum Gasteiger partial charge on any atom is 0.241 e. The molecule has 1 rings (SSSR count). The van der Waals surface area contributed by atoms with Crippen LogP contribution in [-0.2, 0) is 4.79 Å². The maximum atomic E-state index is 11.9. The van der Waals surface area contributed by atoms with Gasteiger partial charge in [0.25, 0.3) is 0 Å². The molecule has 1 aromatic rings. The molecule has 1 aromatic carbocycles. The first-order valence-electron chi connectivity index (χ1n) is 6.79.